The monoisotopic (exact) mass is 310 g/mol. The van der Waals surface area contributed by atoms with Gasteiger partial charge < -0.3 is 35.5 Å². The van der Waals surface area contributed by atoms with Gasteiger partial charge in [0.25, 0.3) is 0 Å². The Balaban J connectivity index is 2.14. The van der Waals surface area contributed by atoms with Gasteiger partial charge in [-0.1, -0.05) is 0 Å². The summed E-state index contributed by atoms with van der Waals surface area (Å²) in [6.07, 6.45) is -2.31. The number of nitrogens with zero attached hydrogens (tertiary/aromatic N) is 3. The molecule has 0 bridgehead atoms. The normalized spacial score (nSPS) is 30.0. The molecule has 1 fully saturated rings. The number of hydrogen-bond donors (Lipinski definition) is 5. The van der Waals surface area contributed by atoms with Crippen LogP contribution in [0.2, 0.25) is 0 Å². The minimum absolute atomic E-state index is 0.200. The number of hydrogen-bond acceptors (Lipinski definition) is 8. The van der Waals surface area contributed by atoms with Crippen LogP contribution in [0.3, 0.4) is 0 Å². The molecule has 1 aliphatic heterocycles. The van der Waals surface area contributed by atoms with Crippen LogP contribution in [0.15, 0.2) is 12.5 Å². The second-order valence-corrected chi connectivity index (χ2v) is 5.35. The van der Waals surface area contributed by atoms with Gasteiger partial charge in [0.15, 0.2) is 6.23 Å². The zero-order valence-electron chi connectivity index (χ0n) is 11.9. The summed E-state index contributed by atoms with van der Waals surface area (Å²) in [5.74, 6) is 0.200. The average molecular weight is 310 g/mol. The Hall–Kier alpha value is -1.78. The topological polar surface area (TPSA) is 147 Å². The minimum Gasteiger partial charge on any atom is -0.394 e. The molecule has 1 unspecified atom stereocenters. The van der Waals surface area contributed by atoms with Crippen LogP contribution in [-0.2, 0) is 4.74 Å². The molecule has 0 radical (unpaired) electrons. The summed E-state index contributed by atoms with van der Waals surface area (Å²) in [6.45, 7) is 1.15. The first-order valence-electron chi connectivity index (χ1n) is 6.87. The smallest absolute Gasteiger partial charge is 0.164 e. The van der Waals surface area contributed by atoms with Crippen molar-refractivity contribution in [3.63, 3.8) is 0 Å². The Morgan fingerprint density at radius 2 is 2.09 bits per heavy atom. The average Bonchev–Trinajstić information content (AvgIpc) is 3.00. The molecule has 2 aromatic heterocycles. The van der Waals surface area contributed by atoms with Crippen molar-refractivity contribution < 1.29 is 25.2 Å². The molecule has 0 aromatic carbocycles. The number of aliphatic hydroxyl groups excluding tert-OH is 4. The highest BCUT2D eigenvalue weighted by Crippen LogP contribution is 2.36. The van der Waals surface area contributed by atoms with Crippen LogP contribution in [0.1, 0.15) is 24.8 Å². The molecule has 2 aromatic rings. The molecule has 9 nitrogen and oxygen atoms in total. The lowest BCUT2D eigenvalue weighted by Gasteiger charge is -2.17. The van der Waals surface area contributed by atoms with E-state index in [2.05, 4.69) is 9.97 Å². The van der Waals surface area contributed by atoms with Crippen molar-refractivity contribution in [2.75, 3.05) is 12.3 Å². The highest BCUT2D eigenvalue weighted by molar-refractivity contribution is 5.90. The van der Waals surface area contributed by atoms with E-state index in [1.807, 2.05) is 0 Å². The van der Waals surface area contributed by atoms with Crippen LogP contribution in [0.5, 0.6) is 0 Å². The van der Waals surface area contributed by atoms with Crippen molar-refractivity contribution in [1.29, 1.82) is 0 Å². The SMILES string of the molecule is CC(O)c1cn([C@@H]2O[C@H](CO)[C@@H](O)[C@@H]2O)c2ncnc(N)c12. The van der Waals surface area contributed by atoms with Gasteiger partial charge in [-0.15, -0.1) is 0 Å². The Kier molecular flexibility index (Phi) is 3.75. The molecular formula is C13H18N4O5. The van der Waals surface area contributed by atoms with Crippen LogP contribution in [0.25, 0.3) is 11.0 Å². The van der Waals surface area contributed by atoms with Crippen LogP contribution in [-0.4, -0.2) is 59.9 Å². The summed E-state index contributed by atoms with van der Waals surface area (Å²) in [5.41, 5.74) is 6.72. The molecule has 120 valence electrons. The number of rotatable bonds is 3. The molecule has 9 heteroatoms. The molecule has 0 aliphatic carbocycles. The Morgan fingerprint density at radius 3 is 2.68 bits per heavy atom. The third kappa shape index (κ3) is 2.14. The molecule has 5 atom stereocenters. The van der Waals surface area contributed by atoms with Crippen LogP contribution in [0, 0.1) is 0 Å². The lowest BCUT2D eigenvalue weighted by atomic mass is 10.1. The van der Waals surface area contributed by atoms with Crippen LogP contribution in [0.4, 0.5) is 5.82 Å². The maximum atomic E-state index is 10.1. The van der Waals surface area contributed by atoms with E-state index < -0.39 is 37.3 Å². The van der Waals surface area contributed by atoms with E-state index >= 15 is 0 Å². The summed E-state index contributed by atoms with van der Waals surface area (Å²) < 4.78 is 6.98. The standard InChI is InChI=1S/C13H18N4O5/c1-5(19)6-2-17(12-8(6)11(14)15-4-16-12)13-10(21)9(20)7(3-18)22-13/h2,4-5,7,9-10,13,18-21H,3H2,1H3,(H2,14,15,16)/t5?,7-,9-,10+,13-/m1/s1. The number of aromatic nitrogens is 3. The van der Waals surface area contributed by atoms with E-state index in [0.717, 1.165) is 0 Å². The first-order chi connectivity index (χ1) is 10.5. The molecule has 0 saturated carbocycles. The maximum Gasteiger partial charge on any atom is 0.164 e. The lowest BCUT2D eigenvalue weighted by molar-refractivity contribution is -0.0510. The zero-order chi connectivity index (χ0) is 16.0. The fourth-order valence-electron chi connectivity index (χ4n) is 2.76. The summed E-state index contributed by atoms with van der Waals surface area (Å²) in [7, 11) is 0. The van der Waals surface area contributed by atoms with Gasteiger partial charge in [0.1, 0.15) is 36.1 Å². The summed E-state index contributed by atoms with van der Waals surface area (Å²) in [4.78, 5) is 8.03. The van der Waals surface area contributed by atoms with Crippen molar-refractivity contribution >= 4 is 16.9 Å². The Labute approximate surface area is 125 Å². The maximum absolute atomic E-state index is 10.1. The van der Waals surface area contributed by atoms with Gasteiger partial charge in [0, 0.05) is 11.8 Å². The fraction of sp³-hybridized carbons (Fsp3) is 0.538. The van der Waals surface area contributed by atoms with E-state index in [4.69, 9.17) is 10.5 Å². The van der Waals surface area contributed by atoms with E-state index in [9.17, 15) is 20.4 Å². The highest BCUT2D eigenvalue weighted by atomic mass is 16.6. The second-order valence-electron chi connectivity index (χ2n) is 5.35. The van der Waals surface area contributed by atoms with Gasteiger partial charge in [-0.25, -0.2) is 9.97 Å². The highest BCUT2D eigenvalue weighted by Gasteiger charge is 2.44. The number of fused-ring (bicyclic) bond motifs is 1. The van der Waals surface area contributed by atoms with Crippen molar-refractivity contribution in [3.05, 3.63) is 18.1 Å². The molecule has 6 N–H and O–H groups in total. The predicted octanol–water partition coefficient (Wildman–Crippen LogP) is -1.32. The van der Waals surface area contributed by atoms with Gasteiger partial charge in [-0.2, -0.15) is 0 Å². The third-order valence-corrected chi connectivity index (χ3v) is 3.91. The summed E-state index contributed by atoms with van der Waals surface area (Å²) >= 11 is 0. The van der Waals surface area contributed by atoms with Gasteiger partial charge in [0.2, 0.25) is 0 Å². The first kappa shape index (κ1) is 15.1. The van der Waals surface area contributed by atoms with Gasteiger partial charge >= 0.3 is 0 Å². The number of anilines is 1. The molecule has 1 saturated heterocycles. The van der Waals surface area contributed by atoms with E-state index in [1.165, 1.54) is 10.9 Å². The molecule has 0 spiro atoms. The van der Waals surface area contributed by atoms with Gasteiger partial charge in [0.05, 0.1) is 18.1 Å². The molecular weight excluding hydrogens is 292 g/mol. The largest absolute Gasteiger partial charge is 0.394 e. The van der Waals surface area contributed by atoms with Crippen molar-refractivity contribution in [2.24, 2.45) is 0 Å². The van der Waals surface area contributed by atoms with Crippen molar-refractivity contribution in [3.8, 4) is 0 Å². The molecule has 3 heterocycles. The molecule has 22 heavy (non-hydrogen) atoms. The van der Waals surface area contributed by atoms with Crippen molar-refractivity contribution in [1.82, 2.24) is 14.5 Å². The van der Waals surface area contributed by atoms with Crippen LogP contribution < -0.4 is 5.73 Å². The van der Waals surface area contributed by atoms with Crippen molar-refractivity contribution in [2.45, 2.75) is 37.6 Å². The molecule has 1 aliphatic rings. The van der Waals surface area contributed by atoms with E-state index in [0.29, 0.717) is 16.6 Å². The predicted molar refractivity (Wildman–Crippen MR) is 75.6 cm³/mol. The third-order valence-electron chi connectivity index (χ3n) is 3.91. The fourth-order valence-corrected chi connectivity index (χ4v) is 2.76. The van der Waals surface area contributed by atoms with Gasteiger partial charge in [-0.05, 0) is 6.92 Å². The summed E-state index contributed by atoms with van der Waals surface area (Å²) in [5, 5.41) is 39.6. The number of ether oxygens (including phenoxy) is 1. The Bertz CT molecular complexity index is 688. The molecule has 3 rings (SSSR count). The number of aliphatic hydroxyl groups is 4. The molecule has 0 amide bonds. The van der Waals surface area contributed by atoms with Crippen LogP contribution >= 0.6 is 0 Å². The quantitative estimate of drug-likeness (QED) is 0.469. The van der Waals surface area contributed by atoms with E-state index in [-0.39, 0.29) is 5.82 Å². The zero-order valence-corrected chi connectivity index (χ0v) is 11.9. The first-order valence-corrected chi connectivity index (χ1v) is 6.87. The number of nitrogen functional groups attached to an aromatic ring is 1. The summed E-state index contributed by atoms with van der Waals surface area (Å²) in [6, 6.07) is 0. The minimum atomic E-state index is -1.24. The van der Waals surface area contributed by atoms with E-state index in [1.54, 1.807) is 13.1 Å². The second kappa shape index (κ2) is 5.45. The lowest BCUT2D eigenvalue weighted by Crippen LogP contribution is -2.33. The van der Waals surface area contributed by atoms with Gasteiger partial charge in [-0.3, -0.25) is 0 Å². The Morgan fingerprint density at radius 1 is 1.36 bits per heavy atom. The number of nitrogens with two attached hydrogens (primary N) is 1.